The van der Waals surface area contributed by atoms with Gasteiger partial charge in [-0.2, -0.15) is 0 Å². The molecule has 1 amide bonds. The number of carbonyl (C=O) groups excluding carboxylic acids is 1. The Morgan fingerprint density at radius 3 is 1.37 bits per heavy atom. The summed E-state index contributed by atoms with van der Waals surface area (Å²) in [6, 6.07) is 0. The predicted octanol–water partition coefficient (Wildman–Crippen LogP) is 5.17. The van der Waals surface area contributed by atoms with Gasteiger partial charge in [0, 0.05) is 13.1 Å². The van der Waals surface area contributed by atoms with Gasteiger partial charge in [0.25, 0.3) is 0 Å². The zero-order valence-corrected chi connectivity index (χ0v) is 13.3. The lowest BCUT2D eigenvalue weighted by atomic mass is 10.1. The first-order valence-corrected chi connectivity index (χ1v) is 8.54. The van der Waals surface area contributed by atoms with Gasteiger partial charge in [-0.1, -0.05) is 78.1 Å². The molecule has 2 heteroatoms. The van der Waals surface area contributed by atoms with Crippen LogP contribution in [0.1, 0.15) is 90.9 Å². The minimum absolute atomic E-state index is 0.963. The van der Waals surface area contributed by atoms with Crippen LogP contribution >= 0.6 is 0 Å². The molecule has 0 aliphatic carbocycles. The quantitative estimate of drug-likeness (QED) is 0.297. The van der Waals surface area contributed by atoms with Crippen LogP contribution in [0.4, 0.5) is 0 Å². The molecule has 0 bridgehead atoms. The van der Waals surface area contributed by atoms with Crippen molar-refractivity contribution >= 4 is 6.41 Å². The Morgan fingerprint density at radius 2 is 1.00 bits per heavy atom. The molecular weight excluding hydrogens is 234 g/mol. The summed E-state index contributed by atoms with van der Waals surface area (Å²) < 4.78 is 0. The number of hydrogen-bond donors (Lipinski definition) is 0. The first kappa shape index (κ1) is 18.5. The second-order valence-corrected chi connectivity index (χ2v) is 5.68. The monoisotopic (exact) mass is 269 g/mol. The molecule has 0 aromatic rings. The minimum Gasteiger partial charge on any atom is -0.345 e. The standard InChI is InChI=1S/C17H35NO/c1-3-5-7-9-11-13-15-18(17-19)16-14-12-10-8-6-4-2/h17H,3-16H2,1-2H3. The van der Waals surface area contributed by atoms with Crippen LogP contribution in [-0.2, 0) is 4.79 Å². The summed E-state index contributed by atoms with van der Waals surface area (Å²) in [7, 11) is 0. The van der Waals surface area contributed by atoms with Crippen molar-refractivity contribution in [3.63, 3.8) is 0 Å². The van der Waals surface area contributed by atoms with Gasteiger partial charge in [-0.25, -0.2) is 0 Å². The number of amides is 1. The molecule has 0 saturated heterocycles. The van der Waals surface area contributed by atoms with Crippen LogP contribution in [0, 0.1) is 0 Å². The summed E-state index contributed by atoms with van der Waals surface area (Å²) in [5, 5.41) is 0. The lowest BCUT2D eigenvalue weighted by molar-refractivity contribution is -0.118. The van der Waals surface area contributed by atoms with Crippen molar-refractivity contribution in [2.45, 2.75) is 90.9 Å². The third-order valence-electron chi connectivity index (χ3n) is 3.75. The summed E-state index contributed by atoms with van der Waals surface area (Å²) in [5.41, 5.74) is 0. The molecule has 0 aliphatic heterocycles. The molecular formula is C17H35NO. The molecule has 114 valence electrons. The van der Waals surface area contributed by atoms with E-state index in [2.05, 4.69) is 13.8 Å². The summed E-state index contributed by atoms with van der Waals surface area (Å²) in [5.74, 6) is 0. The molecule has 0 unspecified atom stereocenters. The topological polar surface area (TPSA) is 20.3 Å². The minimum atomic E-state index is 0.963. The maximum absolute atomic E-state index is 11.0. The van der Waals surface area contributed by atoms with E-state index in [0.717, 1.165) is 19.5 Å². The first-order chi connectivity index (χ1) is 9.35. The Kier molecular flexibility index (Phi) is 15.1. The largest absolute Gasteiger partial charge is 0.345 e. The van der Waals surface area contributed by atoms with Crippen LogP contribution < -0.4 is 0 Å². The molecule has 2 nitrogen and oxygen atoms in total. The predicted molar refractivity (Wildman–Crippen MR) is 84.4 cm³/mol. The Hall–Kier alpha value is -0.530. The SMILES string of the molecule is CCCCCCCCN(C=O)CCCCCCCC. The lowest BCUT2D eigenvalue weighted by Gasteiger charge is -2.17. The van der Waals surface area contributed by atoms with E-state index in [0.29, 0.717) is 0 Å². The van der Waals surface area contributed by atoms with Crippen molar-refractivity contribution in [1.29, 1.82) is 0 Å². The van der Waals surface area contributed by atoms with E-state index in [4.69, 9.17) is 0 Å². The van der Waals surface area contributed by atoms with Gasteiger partial charge < -0.3 is 4.90 Å². The zero-order chi connectivity index (χ0) is 14.2. The fraction of sp³-hybridized carbons (Fsp3) is 0.941. The van der Waals surface area contributed by atoms with Crippen LogP contribution in [0.2, 0.25) is 0 Å². The van der Waals surface area contributed by atoms with Crippen molar-refractivity contribution < 1.29 is 4.79 Å². The highest BCUT2D eigenvalue weighted by Crippen LogP contribution is 2.08. The highest BCUT2D eigenvalue weighted by molar-refractivity contribution is 5.46. The van der Waals surface area contributed by atoms with E-state index >= 15 is 0 Å². The van der Waals surface area contributed by atoms with Crippen LogP contribution in [0.15, 0.2) is 0 Å². The summed E-state index contributed by atoms with van der Waals surface area (Å²) in [6.45, 7) is 6.42. The molecule has 0 rings (SSSR count). The third kappa shape index (κ3) is 13.7. The number of unbranched alkanes of at least 4 members (excludes halogenated alkanes) is 10. The third-order valence-corrected chi connectivity index (χ3v) is 3.75. The molecule has 0 radical (unpaired) electrons. The second-order valence-electron chi connectivity index (χ2n) is 5.68. The Labute approximate surface area is 120 Å². The fourth-order valence-corrected chi connectivity index (χ4v) is 2.41. The van der Waals surface area contributed by atoms with Crippen molar-refractivity contribution in [2.24, 2.45) is 0 Å². The highest BCUT2D eigenvalue weighted by atomic mass is 16.1. The van der Waals surface area contributed by atoms with Crippen LogP contribution in [0.25, 0.3) is 0 Å². The molecule has 0 atom stereocenters. The number of nitrogens with zero attached hydrogens (tertiary/aromatic N) is 1. The fourth-order valence-electron chi connectivity index (χ4n) is 2.41. The summed E-state index contributed by atoms with van der Waals surface area (Å²) in [6.07, 6.45) is 16.6. The van der Waals surface area contributed by atoms with E-state index in [9.17, 15) is 4.79 Å². The van der Waals surface area contributed by atoms with E-state index in [1.807, 2.05) is 4.90 Å². The van der Waals surface area contributed by atoms with Gasteiger partial charge >= 0.3 is 0 Å². The Balaban J connectivity index is 3.32. The van der Waals surface area contributed by atoms with E-state index in [1.165, 1.54) is 77.0 Å². The normalized spacial score (nSPS) is 10.6. The molecule has 0 N–H and O–H groups in total. The van der Waals surface area contributed by atoms with Gasteiger partial charge in [-0.05, 0) is 12.8 Å². The smallest absolute Gasteiger partial charge is 0.209 e. The maximum atomic E-state index is 11.0. The van der Waals surface area contributed by atoms with Gasteiger partial charge in [0.15, 0.2) is 0 Å². The molecule has 19 heavy (non-hydrogen) atoms. The van der Waals surface area contributed by atoms with Crippen LogP contribution in [0.5, 0.6) is 0 Å². The van der Waals surface area contributed by atoms with Crippen LogP contribution in [0.3, 0.4) is 0 Å². The van der Waals surface area contributed by atoms with Crippen LogP contribution in [-0.4, -0.2) is 24.4 Å². The van der Waals surface area contributed by atoms with Gasteiger partial charge in [0.1, 0.15) is 0 Å². The Morgan fingerprint density at radius 1 is 0.632 bits per heavy atom. The molecule has 0 aromatic heterocycles. The molecule has 0 aliphatic rings. The van der Waals surface area contributed by atoms with Gasteiger partial charge in [0.05, 0.1) is 0 Å². The van der Waals surface area contributed by atoms with Gasteiger partial charge in [-0.3, -0.25) is 4.79 Å². The van der Waals surface area contributed by atoms with Crippen molar-refractivity contribution in [3.05, 3.63) is 0 Å². The molecule has 0 aromatic carbocycles. The Bertz CT molecular complexity index is 166. The van der Waals surface area contributed by atoms with E-state index < -0.39 is 0 Å². The summed E-state index contributed by atoms with van der Waals surface area (Å²) >= 11 is 0. The highest BCUT2D eigenvalue weighted by Gasteiger charge is 2.01. The van der Waals surface area contributed by atoms with Crippen molar-refractivity contribution in [1.82, 2.24) is 4.90 Å². The molecule has 0 fully saturated rings. The van der Waals surface area contributed by atoms with E-state index in [-0.39, 0.29) is 0 Å². The van der Waals surface area contributed by atoms with Crippen molar-refractivity contribution in [3.8, 4) is 0 Å². The average Bonchev–Trinajstić information content (AvgIpc) is 2.44. The number of carbonyl (C=O) groups is 1. The number of rotatable bonds is 15. The zero-order valence-electron chi connectivity index (χ0n) is 13.3. The molecule has 0 saturated carbocycles. The van der Waals surface area contributed by atoms with Gasteiger partial charge in [-0.15, -0.1) is 0 Å². The number of hydrogen-bond acceptors (Lipinski definition) is 1. The second kappa shape index (κ2) is 15.5. The molecule has 0 spiro atoms. The van der Waals surface area contributed by atoms with Gasteiger partial charge in [0.2, 0.25) is 6.41 Å². The lowest BCUT2D eigenvalue weighted by Crippen LogP contribution is -2.24. The average molecular weight is 269 g/mol. The van der Waals surface area contributed by atoms with Crippen molar-refractivity contribution in [2.75, 3.05) is 13.1 Å². The molecule has 0 heterocycles. The maximum Gasteiger partial charge on any atom is 0.209 e. The summed E-state index contributed by atoms with van der Waals surface area (Å²) in [4.78, 5) is 12.9. The van der Waals surface area contributed by atoms with E-state index in [1.54, 1.807) is 0 Å². The first-order valence-electron chi connectivity index (χ1n) is 8.54.